The minimum Gasteiger partial charge on any atom is -0.307 e. The monoisotopic (exact) mass is 318 g/mol. The molecule has 0 amide bonds. The Balaban J connectivity index is 1.94. The number of nitrogens with one attached hydrogen (secondary N) is 1. The number of aromatic nitrogens is 2. The fourth-order valence-electron chi connectivity index (χ4n) is 2.98. The zero-order valence-electron chi connectivity index (χ0n) is 12.7. The fraction of sp³-hybridized carbons (Fsp3) is 0.467. The minimum absolute atomic E-state index is 0.163. The summed E-state index contributed by atoms with van der Waals surface area (Å²) >= 11 is 0. The Hall–Kier alpha value is -2.48. The summed E-state index contributed by atoms with van der Waals surface area (Å²) in [6.07, 6.45) is 3.49. The number of hydrogen-bond donors (Lipinski definition) is 1. The van der Waals surface area contributed by atoms with E-state index in [0.717, 1.165) is 30.5 Å². The number of hydrogen-bond acceptors (Lipinski definition) is 5. The molecule has 0 unspecified atom stereocenters. The Labute approximate surface area is 131 Å². The van der Waals surface area contributed by atoms with Gasteiger partial charge >= 0.3 is 5.69 Å². The van der Waals surface area contributed by atoms with Crippen LogP contribution in [0, 0.1) is 10.1 Å². The molecule has 0 atom stereocenters. The van der Waals surface area contributed by atoms with Crippen LogP contribution in [0.25, 0.3) is 10.9 Å². The Kier molecular flexibility index (Phi) is 4.24. The molecule has 0 bridgehead atoms. The van der Waals surface area contributed by atoms with Crippen LogP contribution in [0.3, 0.4) is 0 Å². The van der Waals surface area contributed by atoms with Gasteiger partial charge in [-0.2, -0.15) is 0 Å². The molecule has 2 heterocycles. The van der Waals surface area contributed by atoms with Gasteiger partial charge < -0.3 is 9.88 Å². The van der Waals surface area contributed by atoms with Gasteiger partial charge in [-0.15, -0.1) is 0 Å². The van der Waals surface area contributed by atoms with Crippen molar-refractivity contribution >= 4 is 16.6 Å². The van der Waals surface area contributed by atoms with E-state index >= 15 is 0 Å². The van der Waals surface area contributed by atoms with Gasteiger partial charge in [-0.1, -0.05) is 6.42 Å². The molecule has 1 N–H and O–H groups in total. The third-order valence-corrected chi connectivity index (χ3v) is 4.26. The molecule has 1 saturated heterocycles. The highest BCUT2D eigenvalue weighted by Crippen LogP contribution is 2.15. The number of aromatic amines is 1. The lowest BCUT2D eigenvalue weighted by Crippen LogP contribution is -2.40. The van der Waals surface area contributed by atoms with Gasteiger partial charge in [0.25, 0.3) is 11.2 Å². The highest BCUT2D eigenvalue weighted by molar-refractivity contribution is 5.79. The number of nitro groups is 1. The Morgan fingerprint density at radius 1 is 1.13 bits per heavy atom. The molecule has 122 valence electrons. The Morgan fingerprint density at radius 3 is 2.57 bits per heavy atom. The van der Waals surface area contributed by atoms with Gasteiger partial charge in [0.15, 0.2) is 0 Å². The third-order valence-electron chi connectivity index (χ3n) is 4.26. The quantitative estimate of drug-likeness (QED) is 0.671. The van der Waals surface area contributed by atoms with Crippen molar-refractivity contribution in [2.75, 3.05) is 19.6 Å². The van der Waals surface area contributed by atoms with Crippen LogP contribution < -0.4 is 11.2 Å². The number of benzene rings is 1. The smallest absolute Gasteiger partial charge is 0.307 e. The number of likely N-dealkylation sites (tertiary alicyclic amines) is 1. The van der Waals surface area contributed by atoms with Crippen LogP contribution >= 0.6 is 0 Å². The number of nitrogens with zero attached hydrogens (tertiary/aromatic N) is 3. The Morgan fingerprint density at radius 2 is 1.87 bits per heavy atom. The summed E-state index contributed by atoms with van der Waals surface area (Å²) in [4.78, 5) is 39.8. The predicted molar refractivity (Wildman–Crippen MR) is 85.8 cm³/mol. The molecule has 23 heavy (non-hydrogen) atoms. The first-order valence-electron chi connectivity index (χ1n) is 7.70. The first-order chi connectivity index (χ1) is 11.1. The maximum atomic E-state index is 12.5. The van der Waals surface area contributed by atoms with E-state index in [1.54, 1.807) is 0 Å². The van der Waals surface area contributed by atoms with Crippen molar-refractivity contribution in [2.24, 2.45) is 0 Å². The maximum absolute atomic E-state index is 12.5. The number of non-ortho nitro benzene ring substituents is 1. The molecule has 1 fully saturated rings. The van der Waals surface area contributed by atoms with Crippen LogP contribution in [0.15, 0.2) is 27.8 Å². The second kappa shape index (κ2) is 6.33. The lowest BCUT2D eigenvalue weighted by molar-refractivity contribution is -0.384. The van der Waals surface area contributed by atoms with E-state index in [9.17, 15) is 19.7 Å². The van der Waals surface area contributed by atoms with E-state index in [1.807, 2.05) is 0 Å². The molecule has 0 aliphatic carbocycles. The van der Waals surface area contributed by atoms with Crippen LogP contribution in [0.4, 0.5) is 5.69 Å². The lowest BCUT2D eigenvalue weighted by atomic mass is 10.1. The molecule has 3 rings (SSSR count). The number of H-pyrrole nitrogens is 1. The molecule has 0 saturated carbocycles. The molecular weight excluding hydrogens is 300 g/mol. The summed E-state index contributed by atoms with van der Waals surface area (Å²) in [7, 11) is 0. The van der Waals surface area contributed by atoms with Crippen molar-refractivity contribution in [1.29, 1.82) is 0 Å². The third kappa shape index (κ3) is 3.16. The molecule has 8 heteroatoms. The molecule has 2 aromatic rings. The normalized spacial score (nSPS) is 15.8. The second-order valence-corrected chi connectivity index (χ2v) is 5.78. The van der Waals surface area contributed by atoms with E-state index in [1.165, 1.54) is 24.6 Å². The number of piperidine rings is 1. The maximum Gasteiger partial charge on any atom is 0.328 e. The summed E-state index contributed by atoms with van der Waals surface area (Å²) < 4.78 is 1.13. The molecule has 1 aromatic heterocycles. The zero-order valence-corrected chi connectivity index (χ0v) is 12.7. The van der Waals surface area contributed by atoms with Crippen LogP contribution in [0.2, 0.25) is 0 Å². The van der Waals surface area contributed by atoms with Gasteiger partial charge in [0, 0.05) is 25.2 Å². The van der Waals surface area contributed by atoms with Gasteiger partial charge in [-0.05, 0) is 32.0 Å². The van der Waals surface area contributed by atoms with Crippen LogP contribution in [0.5, 0.6) is 0 Å². The van der Waals surface area contributed by atoms with Crippen molar-refractivity contribution in [3.63, 3.8) is 0 Å². The second-order valence-electron chi connectivity index (χ2n) is 5.78. The minimum atomic E-state index is -0.554. The largest absolute Gasteiger partial charge is 0.328 e. The van der Waals surface area contributed by atoms with Crippen molar-refractivity contribution in [3.8, 4) is 0 Å². The zero-order chi connectivity index (χ0) is 16.4. The average Bonchev–Trinajstić information content (AvgIpc) is 2.55. The molecule has 1 aromatic carbocycles. The molecule has 0 radical (unpaired) electrons. The van der Waals surface area contributed by atoms with E-state index in [2.05, 4.69) is 9.88 Å². The molecule has 0 spiro atoms. The average molecular weight is 318 g/mol. The highest BCUT2D eigenvalue weighted by atomic mass is 16.6. The van der Waals surface area contributed by atoms with Gasteiger partial charge in [0.05, 0.1) is 15.8 Å². The highest BCUT2D eigenvalue weighted by Gasteiger charge is 2.14. The number of rotatable bonds is 4. The van der Waals surface area contributed by atoms with Gasteiger partial charge in [-0.3, -0.25) is 19.5 Å². The number of nitro benzene ring substituents is 1. The summed E-state index contributed by atoms with van der Waals surface area (Å²) in [6, 6.07) is 3.88. The predicted octanol–water partition coefficient (Wildman–Crippen LogP) is 1.08. The van der Waals surface area contributed by atoms with E-state index in [-0.39, 0.29) is 17.6 Å². The first kappa shape index (κ1) is 15.4. The SMILES string of the molecule is O=c1[nH]c2ccc([N+](=O)[O-])cc2c(=O)n1CCN1CCCCC1. The van der Waals surface area contributed by atoms with Crippen molar-refractivity contribution < 1.29 is 4.92 Å². The van der Waals surface area contributed by atoms with Crippen molar-refractivity contribution in [2.45, 2.75) is 25.8 Å². The standard InChI is InChI=1S/C15H18N4O4/c20-14-12-10-11(19(22)23)4-5-13(12)16-15(21)18(14)9-8-17-6-2-1-3-7-17/h4-5,10H,1-3,6-9H2,(H,16,21). The summed E-state index contributed by atoms with van der Waals surface area (Å²) in [5.41, 5.74) is -0.804. The topological polar surface area (TPSA) is 101 Å². The van der Waals surface area contributed by atoms with Gasteiger partial charge in [0.1, 0.15) is 0 Å². The number of fused-ring (bicyclic) bond motifs is 1. The molecular formula is C15H18N4O4. The van der Waals surface area contributed by atoms with Gasteiger partial charge in [-0.25, -0.2) is 4.79 Å². The van der Waals surface area contributed by atoms with Gasteiger partial charge in [0.2, 0.25) is 0 Å². The van der Waals surface area contributed by atoms with E-state index in [0.29, 0.717) is 12.1 Å². The first-order valence-corrected chi connectivity index (χ1v) is 7.70. The molecule has 1 aliphatic heterocycles. The fourth-order valence-corrected chi connectivity index (χ4v) is 2.98. The summed E-state index contributed by atoms with van der Waals surface area (Å²) in [5, 5.41) is 11.0. The molecule has 8 nitrogen and oxygen atoms in total. The summed E-state index contributed by atoms with van der Waals surface area (Å²) in [6.45, 7) is 2.87. The van der Waals surface area contributed by atoms with Crippen LogP contribution in [0.1, 0.15) is 19.3 Å². The lowest BCUT2D eigenvalue weighted by Gasteiger charge is -2.26. The Bertz CT molecular complexity index is 849. The van der Waals surface area contributed by atoms with E-state index < -0.39 is 16.2 Å². The van der Waals surface area contributed by atoms with E-state index in [4.69, 9.17) is 0 Å². The molecule has 1 aliphatic rings. The van der Waals surface area contributed by atoms with Crippen molar-refractivity contribution in [1.82, 2.24) is 14.5 Å². The summed E-state index contributed by atoms with van der Waals surface area (Å²) in [5.74, 6) is 0. The van der Waals surface area contributed by atoms with Crippen LogP contribution in [-0.4, -0.2) is 39.0 Å². The van der Waals surface area contributed by atoms with Crippen molar-refractivity contribution in [3.05, 3.63) is 49.2 Å². The van der Waals surface area contributed by atoms with Crippen LogP contribution in [-0.2, 0) is 6.54 Å².